The minimum Gasteiger partial charge on any atom is -0.460 e. The van der Waals surface area contributed by atoms with Crippen molar-refractivity contribution in [1.29, 1.82) is 0 Å². The zero-order valence-corrected chi connectivity index (χ0v) is 16.1. The van der Waals surface area contributed by atoms with Gasteiger partial charge in [0.25, 0.3) is 0 Å². The van der Waals surface area contributed by atoms with E-state index in [0.29, 0.717) is 6.42 Å². The van der Waals surface area contributed by atoms with Crippen molar-refractivity contribution < 1.29 is 31.5 Å². The molecule has 0 aliphatic rings. The van der Waals surface area contributed by atoms with Crippen molar-refractivity contribution in [3.05, 3.63) is 34.6 Å². The number of carbonyl (C=O) groups excluding carboxylic acids is 1. The van der Waals surface area contributed by atoms with Gasteiger partial charge in [0.2, 0.25) is 5.82 Å². The molecule has 0 heterocycles. The van der Waals surface area contributed by atoms with E-state index in [9.17, 15) is 26.7 Å². The summed E-state index contributed by atoms with van der Waals surface area (Å²) in [6.45, 7) is 11.9. The van der Waals surface area contributed by atoms with Crippen LogP contribution in [0.3, 0.4) is 0 Å². The van der Waals surface area contributed by atoms with E-state index in [1.165, 1.54) is 0 Å². The third kappa shape index (κ3) is 4.35. The average molecular weight is 380 g/mol. The lowest BCUT2D eigenvalue weighted by molar-refractivity contribution is -0.166. The molecule has 1 rings (SSSR count). The molecular formula is C19H25F5O2. The molecule has 1 unspecified atom stereocenters. The van der Waals surface area contributed by atoms with E-state index in [-0.39, 0.29) is 5.41 Å². The molecule has 26 heavy (non-hydrogen) atoms. The third-order valence-corrected chi connectivity index (χ3v) is 4.64. The van der Waals surface area contributed by atoms with E-state index < -0.39 is 58.1 Å². The van der Waals surface area contributed by atoms with E-state index in [4.69, 9.17) is 4.74 Å². The van der Waals surface area contributed by atoms with Gasteiger partial charge in [0.1, 0.15) is 6.61 Å². The Balaban J connectivity index is 3.18. The van der Waals surface area contributed by atoms with Gasteiger partial charge in [0, 0.05) is 0 Å². The number of hydrogen-bond acceptors (Lipinski definition) is 2. The largest absolute Gasteiger partial charge is 0.460 e. The molecule has 0 aliphatic heterocycles. The lowest BCUT2D eigenvalue weighted by Gasteiger charge is -2.43. The fraction of sp³-hybridized carbons (Fsp3) is 0.632. The smallest absolute Gasteiger partial charge is 0.312 e. The second-order valence-electron chi connectivity index (χ2n) is 8.94. The number of benzene rings is 1. The van der Waals surface area contributed by atoms with Crippen LogP contribution in [0.2, 0.25) is 0 Å². The van der Waals surface area contributed by atoms with Crippen molar-refractivity contribution >= 4 is 5.97 Å². The van der Waals surface area contributed by atoms with Gasteiger partial charge >= 0.3 is 5.97 Å². The standard InChI is InChI=1S/C19H25F5O2/c1-17(2,3)9-19(7,18(4,5)6)16(25)26-8-10-11(20)13(22)15(24)14(23)12(10)21/h8-9H2,1-7H3. The average Bonchev–Trinajstić information content (AvgIpc) is 2.47. The number of carbonyl (C=O) groups is 1. The van der Waals surface area contributed by atoms with Crippen LogP contribution in [-0.2, 0) is 16.1 Å². The summed E-state index contributed by atoms with van der Waals surface area (Å²) in [7, 11) is 0. The van der Waals surface area contributed by atoms with Crippen molar-refractivity contribution in [2.45, 2.75) is 61.5 Å². The quantitative estimate of drug-likeness (QED) is 0.281. The highest BCUT2D eigenvalue weighted by Gasteiger charge is 2.47. The minimum absolute atomic E-state index is 0.258. The fourth-order valence-electron chi connectivity index (χ4n) is 2.78. The van der Waals surface area contributed by atoms with Crippen molar-refractivity contribution in [2.24, 2.45) is 16.2 Å². The molecule has 1 atom stereocenters. The van der Waals surface area contributed by atoms with Crippen LogP contribution in [0.25, 0.3) is 0 Å². The lowest BCUT2D eigenvalue weighted by atomic mass is 9.61. The van der Waals surface area contributed by atoms with Gasteiger partial charge in [-0.1, -0.05) is 41.5 Å². The normalized spacial score (nSPS) is 14.9. The molecule has 0 saturated carbocycles. The van der Waals surface area contributed by atoms with Crippen LogP contribution in [0.4, 0.5) is 22.0 Å². The minimum atomic E-state index is -2.25. The Morgan fingerprint density at radius 1 is 0.769 bits per heavy atom. The monoisotopic (exact) mass is 380 g/mol. The highest BCUT2D eigenvalue weighted by Crippen LogP contribution is 2.47. The molecule has 0 fully saturated rings. The molecule has 0 aromatic heterocycles. The van der Waals surface area contributed by atoms with Crippen molar-refractivity contribution in [2.75, 3.05) is 0 Å². The number of hydrogen-bond donors (Lipinski definition) is 0. The summed E-state index contributed by atoms with van der Waals surface area (Å²) in [5.74, 6) is -11.1. The maximum Gasteiger partial charge on any atom is 0.312 e. The van der Waals surface area contributed by atoms with E-state index in [2.05, 4.69) is 0 Å². The predicted octanol–water partition coefficient (Wildman–Crippen LogP) is 5.91. The van der Waals surface area contributed by atoms with Crippen molar-refractivity contribution in [3.8, 4) is 0 Å². The molecule has 148 valence electrons. The van der Waals surface area contributed by atoms with Crippen LogP contribution < -0.4 is 0 Å². The van der Waals surface area contributed by atoms with Gasteiger partial charge in [-0.05, 0) is 24.2 Å². The summed E-state index contributed by atoms with van der Waals surface area (Å²) in [6.07, 6.45) is 0.402. The summed E-state index contributed by atoms with van der Waals surface area (Å²) >= 11 is 0. The summed E-state index contributed by atoms with van der Waals surface area (Å²) < 4.78 is 72.1. The van der Waals surface area contributed by atoms with Crippen LogP contribution in [0.15, 0.2) is 0 Å². The second kappa shape index (κ2) is 7.16. The van der Waals surface area contributed by atoms with Gasteiger partial charge < -0.3 is 4.74 Å². The zero-order chi connectivity index (χ0) is 20.7. The third-order valence-electron chi connectivity index (χ3n) is 4.64. The number of ether oxygens (including phenoxy) is 1. The first kappa shape index (κ1) is 22.4. The lowest BCUT2D eigenvalue weighted by Crippen LogP contribution is -2.44. The van der Waals surface area contributed by atoms with E-state index >= 15 is 0 Å². The van der Waals surface area contributed by atoms with E-state index in [1.54, 1.807) is 6.92 Å². The van der Waals surface area contributed by atoms with Gasteiger partial charge in [-0.3, -0.25) is 4.79 Å². The zero-order valence-electron chi connectivity index (χ0n) is 16.1. The Morgan fingerprint density at radius 2 is 1.15 bits per heavy atom. The molecule has 0 spiro atoms. The number of esters is 1. The summed E-state index contributed by atoms with van der Waals surface area (Å²) in [5.41, 5.74) is -3.02. The predicted molar refractivity (Wildman–Crippen MR) is 87.7 cm³/mol. The van der Waals surface area contributed by atoms with E-state index in [1.807, 2.05) is 41.5 Å². The van der Waals surface area contributed by atoms with E-state index in [0.717, 1.165) is 0 Å². The second-order valence-corrected chi connectivity index (χ2v) is 8.94. The molecule has 0 amide bonds. The van der Waals surface area contributed by atoms with Gasteiger partial charge in [0.15, 0.2) is 23.3 Å². The summed E-state index contributed by atoms with van der Waals surface area (Å²) in [6, 6.07) is 0. The molecule has 1 aromatic carbocycles. The summed E-state index contributed by atoms with van der Waals surface area (Å²) in [5, 5.41) is 0. The van der Waals surface area contributed by atoms with Gasteiger partial charge in [-0.15, -0.1) is 0 Å². The first-order valence-corrected chi connectivity index (χ1v) is 8.20. The molecule has 0 N–H and O–H groups in total. The molecular weight excluding hydrogens is 355 g/mol. The molecule has 0 aliphatic carbocycles. The topological polar surface area (TPSA) is 26.3 Å². The highest BCUT2D eigenvalue weighted by atomic mass is 19.2. The Hall–Kier alpha value is -1.66. The van der Waals surface area contributed by atoms with Crippen molar-refractivity contribution in [3.63, 3.8) is 0 Å². The van der Waals surface area contributed by atoms with Gasteiger partial charge in [-0.2, -0.15) is 0 Å². The Kier molecular flexibility index (Phi) is 6.16. The fourth-order valence-corrected chi connectivity index (χ4v) is 2.78. The Morgan fingerprint density at radius 3 is 1.50 bits per heavy atom. The van der Waals surface area contributed by atoms with Gasteiger partial charge in [-0.25, -0.2) is 22.0 Å². The summed E-state index contributed by atoms with van der Waals surface area (Å²) in [4.78, 5) is 12.7. The first-order chi connectivity index (χ1) is 11.5. The van der Waals surface area contributed by atoms with Crippen LogP contribution in [0.1, 0.15) is 60.5 Å². The van der Waals surface area contributed by atoms with Crippen LogP contribution in [0, 0.1) is 45.3 Å². The van der Waals surface area contributed by atoms with Crippen LogP contribution in [-0.4, -0.2) is 5.97 Å². The van der Waals surface area contributed by atoms with Crippen LogP contribution >= 0.6 is 0 Å². The molecule has 0 bridgehead atoms. The molecule has 7 heteroatoms. The molecule has 0 radical (unpaired) electrons. The number of rotatable bonds is 4. The van der Waals surface area contributed by atoms with Crippen LogP contribution in [0.5, 0.6) is 0 Å². The Labute approximate surface area is 150 Å². The molecule has 0 saturated heterocycles. The Bertz CT molecular complexity index is 672. The molecule has 2 nitrogen and oxygen atoms in total. The van der Waals surface area contributed by atoms with Crippen molar-refractivity contribution in [1.82, 2.24) is 0 Å². The van der Waals surface area contributed by atoms with Gasteiger partial charge in [0.05, 0.1) is 11.0 Å². The molecule has 1 aromatic rings. The highest BCUT2D eigenvalue weighted by molar-refractivity contribution is 5.77. The first-order valence-electron chi connectivity index (χ1n) is 8.20. The maximum absolute atomic E-state index is 13.7. The number of halogens is 5. The maximum atomic E-state index is 13.7. The SMILES string of the molecule is CC(C)(C)CC(C)(C(=O)OCc1c(F)c(F)c(F)c(F)c1F)C(C)(C)C.